The van der Waals surface area contributed by atoms with Crippen LogP contribution >= 0.6 is 11.6 Å². The van der Waals surface area contributed by atoms with Crippen LogP contribution in [0.1, 0.15) is 24.8 Å². The third kappa shape index (κ3) is 4.45. The summed E-state index contributed by atoms with van der Waals surface area (Å²) in [5, 5.41) is 9.43. The largest absolute Gasteiger partial charge is 0.383 e. The van der Waals surface area contributed by atoms with Gasteiger partial charge in [0, 0.05) is 26.4 Å². The Hall–Kier alpha value is -1.57. The van der Waals surface area contributed by atoms with Crippen molar-refractivity contribution in [1.82, 2.24) is 4.98 Å². The predicted molar refractivity (Wildman–Crippen MR) is 84.5 cm³/mol. The summed E-state index contributed by atoms with van der Waals surface area (Å²) in [5.41, 5.74) is 0.482. The fraction of sp³-hybridized carbons (Fsp3) is 0.500. The lowest BCUT2D eigenvalue weighted by Gasteiger charge is -2.29. The zero-order chi connectivity index (χ0) is 15.1. The molecule has 1 unspecified atom stereocenters. The van der Waals surface area contributed by atoms with Gasteiger partial charge < -0.3 is 9.64 Å². The molecule has 0 fully saturated rings. The standard InChI is InChI=1S/C16H20ClN3O/c1-21-8-7-20(12-13-5-3-2-4-6-13)16-15(17)9-14(10-18)11-19-16/h2-3,9,11,13H,4-8,12H2,1H3. The molecule has 0 bridgehead atoms. The molecule has 1 aliphatic rings. The molecule has 112 valence electrons. The van der Waals surface area contributed by atoms with Crippen LogP contribution in [0.3, 0.4) is 0 Å². The van der Waals surface area contributed by atoms with Crippen molar-refractivity contribution in [3.05, 3.63) is 35.0 Å². The van der Waals surface area contributed by atoms with Crippen molar-refractivity contribution in [1.29, 1.82) is 5.26 Å². The van der Waals surface area contributed by atoms with Crippen LogP contribution in [0.15, 0.2) is 24.4 Å². The second-order valence-electron chi connectivity index (χ2n) is 5.23. The highest BCUT2D eigenvalue weighted by atomic mass is 35.5. The Balaban J connectivity index is 2.14. The number of halogens is 1. The van der Waals surface area contributed by atoms with Gasteiger partial charge >= 0.3 is 0 Å². The van der Waals surface area contributed by atoms with Gasteiger partial charge in [0.1, 0.15) is 11.9 Å². The lowest BCUT2D eigenvalue weighted by atomic mass is 9.94. The molecule has 1 aromatic heterocycles. The molecule has 0 aromatic carbocycles. The highest BCUT2D eigenvalue weighted by Gasteiger charge is 2.18. The minimum absolute atomic E-state index is 0.482. The normalized spacial score (nSPS) is 17.5. The van der Waals surface area contributed by atoms with Gasteiger partial charge in [-0.3, -0.25) is 0 Å². The van der Waals surface area contributed by atoms with Crippen LogP contribution in [-0.2, 0) is 4.74 Å². The molecule has 5 heteroatoms. The van der Waals surface area contributed by atoms with Crippen molar-refractivity contribution in [3.63, 3.8) is 0 Å². The van der Waals surface area contributed by atoms with Crippen molar-refractivity contribution >= 4 is 17.4 Å². The van der Waals surface area contributed by atoms with E-state index >= 15 is 0 Å². The predicted octanol–water partition coefficient (Wildman–Crippen LogP) is 3.42. The van der Waals surface area contributed by atoms with E-state index in [0.29, 0.717) is 23.1 Å². The van der Waals surface area contributed by atoms with Crippen LogP contribution in [0.2, 0.25) is 5.02 Å². The Morgan fingerprint density at radius 1 is 1.52 bits per heavy atom. The van der Waals surface area contributed by atoms with Crippen LogP contribution < -0.4 is 4.90 Å². The quantitative estimate of drug-likeness (QED) is 0.756. The molecule has 1 aliphatic carbocycles. The van der Waals surface area contributed by atoms with Crippen LogP contribution in [0.25, 0.3) is 0 Å². The third-order valence-electron chi connectivity index (χ3n) is 3.67. The number of methoxy groups -OCH3 is 1. The second kappa shape index (κ2) is 8.02. The molecule has 4 nitrogen and oxygen atoms in total. The minimum Gasteiger partial charge on any atom is -0.383 e. The number of nitriles is 1. The summed E-state index contributed by atoms with van der Waals surface area (Å²) >= 11 is 6.29. The number of ether oxygens (including phenoxy) is 1. The fourth-order valence-corrected chi connectivity index (χ4v) is 2.83. The van der Waals surface area contributed by atoms with Gasteiger partial charge in [-0.1, -0.05) is 23.8 Å². The molecular weight excluding hydrogens is 286 g/mol. The average Bonchev–Trinajstić information content (AvgIpc) is 2.52. The topological polar surface area (TPSA) is 49.1 Å². The van der Waals surface area contributed by atoms with Crippen molar-refractivity contribution in [2.75, 3.05) is 31.7 Å². The van der Waals surface area contributed by atoms with Crippen molar-refractivity contribution in [2.45, 2.75) is 19.3 Å². The van der Waals surface area contributed by atoms with E-state index in [-0.39, 0.29) is 0 Å². The summed E-state index contributed by atoms with van der Waals surface area (Å²) in [6.45, 7) is 2.28. The zero-order valence-electron chi connectivity index (χ0n) is 12.3. The number of allylic oxidation sites excluding steroid dienone is 2. The summed E-state index contributed by atoms with van der Waals surface area (Å²) in [4.78, 5) is 6.53. The maximum atomic E-state index is 8.90. The summed E-state index contributed by atoms with van der Waals surface area (Å²) in [6, 6.07) is 3.73. The van der Waals surface area contributed by atoms with Crippen molar-refractivity contribution < 1.29 is 4.74 Å². The summed E-state index contributed by atoms with van der Waals surface area (Å²) in [5.74, 6) is 1.35. The summed E-state index contributed by atoms with van der Waals surface area (Å²) in [6.07, 6.45) is 9.48. The highest BCUT2D eigenvalue weighted by Crippen LogP contribution is 2.27. The van der Waals surface area contributed by atoms with E-state index in [0.717, 1.165) is 31.7 Å². The van der Waals surface area contributed by atoms with E-state index in [1.807, 2.05) is 0 Å². The number of hydrogen-bond donors (Lipinski definition) is 0. The van der Waals surface area contributed by atoms with Crippen molar-refractivity contribution in [2.24, 2.45) is 5.92 Å². The first-order valence-electron chi connectivity index (χ1n) is 7.19. The molecule has 0 spiro atoms. The molecule has 0 saturated heterocycles. The molecule has 2 rings (SSSR count). The SMILES string of the molecule is COCCN(CC1CC=CCC1)c1ncc(C#N)cc1Cl. The van der Waals surface area contributed by atoms with E-state index in [1.165, 1.54) is 6.42 Å². The number of hydrogen-bond acceptors (Lipinski definition) is 4. The first-order valence-corrected chi connectivity index (χ1v) is 7.57. The molecule has 21 heavy (non-hydrogen) atoms. The Kier molecular flexibility index (Phi) is 6.04. The first kappa shape index (κ1) is 15.8. The molecule has 1 heterocycles. The van der Waals surface area contributed by atoms with Gasteiger partial charge in [-0.05, 0) is 31.2 Å². The molecule has 0 saturated carbocycles. The Morgan fingerprint density at radius 3 is 3.00 bits per heavy atom. The number of aromatic nitrogens is 1. The summed E-state index contributed by atoms with van der Waals surface area (Å²) < 4.78 is 5.19. The van der Waals surface area contributed by atoms with Gasteiger partial charge in [0.05, 0.1) is 17.2 Å². The monoisotopic (exact) mass is 305 g/mol. The van der Waals surface area contributed by atoms with Gasteiger partial charge in [-0.2, -0.15) is 5.26 Å². The highest BCUT2D eigenvalue weighted by molar-refractivity contribution is 6.33. The van der Waals surface area contributed by atoms with Crippen molar-refractivity contribution in [3.8, 4) is 6.07 Å². The van der Waals surface area contributed by atoms with E-state index < -0.39 is 0 Å². The molecule has 1 aromatic rings. The Labute approximate surface area is 131 Å². The number of anilines is 1. The van der Waals surface area contributed by atoms with Crippen LogP contribution in [0.4, 0.5) is 5.82 Å². The van der Waals surface area contributed by atoms with Crippen LogP contribution in [0.5, 0.6) is 0 Å². The fourth-order valence-electron chi connectivity index (χ4n) is 2.54. The smallest absolute Gasteiger partial charge is 0.147 e. The van der Waals surface area contributed by atoms with Gasteiger partial charge in [0.15, 0.2) is 0 Å². The molecule has 0 N–H and O–H groups in total. The summed E-state index contributed by atoms with van der Waals surface area (Å²) in [7, 11) is 1.69. The lowest BCUT2D eigenvalue weighted by molar-refractivity contribution is 0.203. The second-order valence-corrected chi connectivity index (χ2v) is 5.64. The van der Waals surface area contributed by atoms with E-state index in [4.69, 9.17) is 21.6 Å². The van der Waals surface area contributed by atoms with Gasteiger partial charge in [0.25, 0.3) is 0 Å². The average molecular weight is 306 g/mol. The van der Waals surface area contributed by atoms with E-state index in [9.17, 15) is 0 Å². The maximum Gasteiger partial charge on any atom is 0.147 e. The van der Waals surface area contributed by atoms with Gasteiger partial charge in [-0.15, -0.1) is 0 Å². The Morgan fingerprint density at radius 2 is 2.38 bits per heavy atom. The van der Waals surface area contributed by atoms with E-state index in [2.05, 4.69) is 28.1 Å². The minimum atomic E-state index is 0.482. The molecule has 0 radical (unpaired) electrons. The van der Waals surface area contributed by atoms with Gasteiger partial charge in [-0.25, -0.2) is 4.98 Å². The van der Waals surface area contributed by atoms with E-state index in [1.54, 1.807) is 19.4 Å². The zero-order valence-corrected chi connectivity index (χ0v) is 13.0. The molecular formula is C16H20ClN3O. The maximum absolute atomic E-state index is 8.90. The Bertz CT molecular complexity index is 539. The van der Waals surface area contributed by atoms with Gasteiger partial charge in [0.2, 0.25) is 0 Å². The lowest BCUT2D eigenvalue weighted by Crippen LogP contribution is -2.33. The molecule has 0 aliphatic heterocycles. The molecule has 1 atom stereocenters. The number of nitrogens with zero attached hydrogens (tertiary/aromatic N) is 3. The first-order chi connectivity index (χ1) is 10.2. The third-order valence-corrected chi connectivity index (χ3v) is 3.95. The molecule has 0 amide bonds. The number of pyridine rings is 1. The van der Waals surface area contributed by atoms with Crippen LogP contribution in [0, 0.1) is 17.2 Å². The van der Waals surface area contributed by atoms with Crippen LogP contribution in [-0.4, -0.2) is 31.8 Å². The number of rotatable bonds is 6.